The zero-order valence-electron chi connectivity index (χ0n) is 16.8. The number of imidazole rings is 1. The number of nitrogens with zero attached hydrogens (tertiary/aromatic N) is 3. The van der Waals surface area contributed by atoms with Crippen molar-refractivity contribution in [1.82, 2.24) is 19.8 Å². The van der Waals surface area contributed by atoms with Crippen molar-refractivity contribution < 1.29 is 19.1 Å². The molecule has 1 saturated heterocycles. The van der Waals surface area contributed by atoms with Crippen molar-refractivity contribution in [1.29, 1.82) is 0 Å². The molecule has 0 bridgehead atoms. The highest BCUT2D eigenvalue weighted by atomic mass is 16.5. The molecular weight excluding hydrogens is 386 g/mol. The van der Waals surface area contributed by atoms with Gasteiger partial charge in [0.05, 0.1) is 12.6 Å². The SMILES string of the molecule is COc1cccc2c1nc(NC(=O)CN1C(=O)NC(C)(c3ccccc3)C1=O)n2C. The molecule has 9 heteroatoms. The van der Waals surface area contributed by atoms with Gasteiger partial charge >= 0.3 is 6.03 Å². The number of hydrogen-bond donors (Lipinski definition) is 2. The van der Waals surface area contributed by atoms with Gasteiger partial charge in [-0.1, -0.05) is 36.4 Å². The third-order valence-electron chi connectivity index (χ3n) is 5.27. The fourth-order valence-corrected chi connectivity index (χ4v) is 3.58. The highest BCUT2D eigenvalue weighted by Crippen LogP contribution is 2.29. The van der Waals surface area contributed by atoms with Crippen LogP contribution in [-0.2, 0) is 22.2 Å². The summed E-state index contributed by atoms with van der Waals surface area (Å²) in [5.41, 5.74) is 0.804. The zero-order valence-corrected chi connectivity index (χ0v) is 16.8. The molecule has 0 spiro atoms. The zero-order chi connectivity index (χ0) is 21.5. The van der Waals surface area contributed by atoms with Crippen molar-refractivity contribution >= 4 is 34.8 Å². The normalized spacial score (nSPS) is 18.6. The predicted molar refractivity (Wildman–Crippen MR) is 110 cm³/mol. The number of carbonyl (C=O) groups is 3. The molecule has 1 aliphatic heterocycles. The number of ether oxygens (including phenoxy) is 1. The average Bonchev–Trinajstić information content (AvgIpc) is 3.17. The predicted octanol–water partition coefficient (Wildman–Crippen LogP) is 1.99. The quantitative estimate of drug-likeness (QED) is 0.629. The summed E-state index contributed by atoms with van der Waals surface area (Å²) >= 11 is 0. The number of nitrogens with one attached hydrogen (secondary N) is 2. The first-order valence-corrected chi connectivity index (χ1v) is 9.34. The second-order valence-corrected chi connectivity index (χ2v) is 7.18. The number of benzene rings is 2. The second-order valence-electron chi connectivity index (χ2n) is 7.18. The van der Waals surface area contributed by atoms with Crippen molar-refractivity contribution in [2.75, 3.05) is 19.0 Å². The number of rotatable bonds is 5. The first kappa shape index (κ1) is 19.4. The van der Waals surface area contributed by atoms with E-state index in [1.54, 1.807) is 56.0 Å². The Hall–Kier alpha value is -3.88. The van der Waals surface area contributed by atoms with Crippen LogP contribution in [0, 0.1) is 0 Å². The molecule has 2 heterocycles. The molecule has 4 amide bonds. The first-order valence-electron chi connectivity index (χ1n) is 9.34. The number of carbonyl (C=O) groups excluding carboxylic acids is 3. The number of aryl methyl sites for hydroxylation is 1. The Bertz CT molecular complexity index is 1160. The van der Waals surface area contributed by atoms with Crippen molar-refractivity contribution in [3.05, 3.63) is 54.1 Å². The van der Waals surface area contributed by atoms with Crippen molar-refractivity contribution in [3.63, 3.8) is 0 Å². The van der Waals surface area contributed by atoms with E-state index >= 15 is 0 Å². The van der Waals surface area contributed by atoms with Gasteiger partial charge in [-0.05, 0) is 24.6 Å². The lowest BCUT2D eigenvalue weighted by Crippen LogP contribution is -2.42. The van der Waals surface area contributed by atoms with E-state index in [4.69, 9.17) is 4.74 Å². The van der Waals surface area contributed by atoms with Gasteiger partial charge in [0.1, 0.15) is 23.3 Å². The molecule has 1 aromatic heterocycles. The molecule has 0 saturated carbocycles. The monoisotopic (exact) mass is 407 g/mol. The Balaban J connectivity index is 1.54. The van der Waals surface area contributed by atoms with E-state index in [0.717, 1.165) is 10.4 Å². The van der Waals surface area contributed by atoms with E-state index in [1.165, 1.54) is 0 Å². The summed E-state index contributed by atoms with van der Waals surface area (Å²) in [4.78, 5) is 43.3. The summed E-state index contributed by atoms with van der Waals surface area (Å²) in [5.74, 6) is -0.151. The molecule has 30 heavy (non-hydrogen) atoms. The Labute approximate surface area is 172 Å². The molecule has 1 fully saturated rings. The standard InChI is InChI=1S/C21H21N5O4/c1-21(13-8-5-4-6-9-13)18(28)26(20(29)24-21)12-16(27)22-19-23-17-14(25(19)2)10-7-11-15(17)30-3/h4-11H,12H2,1-3H3,(H,24,29)(H,22,23,27). The topological polar surface area (TPSA) is 106 Å². The molecule has 0 radical (unpaired) electrons. The van der Waals surface area contributed by atoms with Gasteiger partial charge in [0.15, 0.2) is 0 Å². The lowest BCUT2D eigenvalue weighted by molar-refractivity contribution is -0.133. The van der Waals surface area contributed by atoms with Gasteiger partial charge in [0, 0.05) is 7.05 Å². The fourth-order valence-electron chi connectivity index (χ4n) is 3.58. The van der Waals surface area contributed by atoms with Crippen LogP contribution < -0.4 is 15.4 Å². The van der Waals surface area contributed by atoms with Crippen LogP contribution in [0.4, 0.5) is 10.7 Å². The van der Waals surface area contributed by atoms with Crippen LogP contribution >= 0.6 is 0 Å². The number of anilines is 1. The Morgan fingerprint density at radius 2 is 1.90 bits per heavy atom. The van der Waals surface area contributed by atoms with Crippen LogP contribution in [-0.4, -0.2) is 46.0 Å². The lowest BCUT2D eigenvalue weighted by atomic mass is 9.92. The second kappa shape index (κ2) is 7.18. The van der Waals surface area contributed by atoms with Crippen LogP contribution in [0.2, 0.25) is 0 Å². The minimum Gasteiger partial charge on any atom is -0.494 e. The van der Waals surface area contributed by atoms with Crippen LogP contribution in [0.25, 0.3) is 11.0 Å². The van der Waals surface area contributed by atoms with Gasteiger partial charge in [0.2, 0.25) is 11.9 Å². The molecule has 1 unspecified atom stereocenters. The first-order chi connectivity index (χ1) is 14.3. The molecule has 4 rings (SSSR count). The average molecular weight is 407 g/mol. The third kappa shape index (κ3) is 3.04. The third-order valence-corrected chi connectivity index (χ3v) is 5.27. The molecule has 154 valence electrons. The summed E-state index contributed by atoms with van der Waals surface area (Å²) in [6.45, 7) is 1.20. The molecule has 2 N–H and O–H groups in total. The minimum atomic E-state index is -1.22. The van der Waals surface area contributed by atoms with Crippen LogP contribution in [0.1, 0.15) is 12.5 Å². The van der Waals surface area contributed by atoms with Gasteiger partial charge < -0.3 is 14.6 Å². The largest absolute Gasteiger partial charge is 0.494 e. The van der Waals surface area contributed by atoms with Crippen LogP contribution in [0.5, 0.6) is 5.75 Å². The van der Waals surface area contributed by atoms with Gasteiger partial charge in [-0.15, -0.1) is 0 Å². The highest BCUT2D eigenvalue weighted by molar-refractivity contribution is 6.10. The van der Waals surface area contributed by atoms with E-state index in [0.29, 0.717) is 16.8 Å². The minimum absolute atomic E-state index is 0.289. The Morgan fingerprint density at radius 1 is 1.17 bits per heavy atom. The maximum atomic E-state index is 12.9. The van der Waals surface area contributed by atoms with Crippen LogP contribution in [0.3, 0.4) is 0 Å². The molecule has 0 aliphatic carbocycles. The number of hydrogen-bond acceptors (Lipinski definition) is 5. The van der Waals surface area contributed by atoms with Crippen molar-refractivity contribution in [2.45, 2.75) is 12.5 Å². The number of amides is 4. The highest BCUT2D eigenvalue weighted by Gasteiger charge is 2.49. The summed E-state index contributed by atoms with van der Waals surface area (Å²) in [6, 6.07) is 13.8. The van der Waals surface area contributed by atoms with E-state index in [-0.39, 0.29) is 5.95 Å². The summed E-state index contributed by atoms with van der Waals surface area (Å²) < 4.78 is 7.01. The van der Waals surface area contributed by atoms with Gasteiger partial charge in [-0.3, -0.25) is 19.8 Å². The van der Waals surface area contributed by atoms with Crippen LogP contribution in [0.15, 0.2) is 48.5 Å². The molecule has 9 nitrogen and oxygen atoms in total. The van der Waals surface area contributed by atoms with E-state index in [1.807, 2.05) is 18.2 Å². The van der Waals surface area contributed by atoms with Crippen molar-refractivity contribution in [2.24, 2.45) is 7.05 Å². The molecule has 3 aromatic rings. The maximum absolute atomic E-state index is 12.9. The number of fused-ring (bicyclic) bond motifs is 1. The molecular formula is C21H21N5O4. The number of para-hydroxylation sites is 1. The van der Waals surface area contributed by atoms with E-state index < -0.39 is 29.9 Å². The van der Waals surface area contributed by atoms with Gasteiger partial charge in [-0.25, -0.2) is 9.78 Å². The van der Waals surface area contributed by atoms with E-state index in [2.05, 4.69) is 15.6 Å². The lowest BCUT2D eigenvalue weighted by Gasteiger charge is -2.22. The maximum Gasteiger partial charge on any atom is 0.325 e. The number of urea groups is 1. The number of aromatic nitrogens is 2. The molecule has 2 aromatic carbocycles. The van der Waals surface area contributed by atoms with E-state index in [9.17, 15) is 14.4 Å². The Kier molecular flexibility index (Phi) is 4.65. The smallest absolute Gasteiger partial charge is 0.325 e. The summed E-state index contributed by atoms with van der Waals surface area (Å²) in [5, 5.41) is 5.35. The summed E-state index contributed by atoms with van der Waals surface area (Å²) in [6.07, 6.45) is 0. The molecule has 1 aliphatic rings. The van der Waals surface area contributed by atoms with Gasteiger partial charge in [-0.2, -0.15) is 0 Å². The number of imide groups is 1. The van der Waals surface area contributed by atoms with Gasteiger partial charge in [0.25, 0.3) is 5.91 Å². The number of methoxy groups -OCH3 is 1. The fraction of sp³-hybridized carbons (Fsp3) is 0.238. The summed E-state index contributed by atoms with van der Waals surface area (Å²) in [7, 11) is 3.30. The van der Waals surface area contributed by atoms with Crippen molar-refractivity contribution in [3.8, 4) is 5.75 Å². The molecule has 1 atom stereocenters. The Morgan fingerprint density at radius 3 is 2.60 bits per heavy atom.